The number of imide groups is 1. The first kappa shape index (κ1) is 21.1. The normalized spacial score (nSPS) is 26.1. The third-order valence-electron chi connectivity index (χ3n) is 6.61. The minimum absolute atomic E-state index is 0.00311. The maximum absolute atomic E-state index is 12.6. The maximum atomic E-state index is 12.6. The average Bonchev–Trinajstić information content (AvgIpc) is 3.45. The molecule has 2 aliphatic carbocycles. The van der Waals surface area contributed by atoms with Crippen LogP contribution in [0, 0.1) is 23.7 Å². The second-order valence-electron chi connectivity index (χ2n) is 8.24. The highest BCUT2D eigenvalue weighted by molar-refractivity contribution is 6.06. The van der Waals surface area contributed by atoms with E-state index in [1.165, 1.54) is 19.1 Å². The van der Waals surface area contributed by atoms with Gasteiger partial charge in [0.05, 0.1) is 38.2 Å². The van der Waals surface area contributed by atoms with Gasteiger partial charge in [-0.05, 0) is 43.2 Å². The molecule has 0 aromatic heterocycles. The van der Waals surface area contributed by atoms with Crippen molar-refractivity contribution in [1.82, 2.24) is 4.90 Å². The summed E-state index contributed by atoms with van der Waals surface area (Å²) in [6.45, 7) is -0.484. The van der Waals surface area contributed by atoms with Crippen molar-refractivity contribution >= 4 is 29.4 Å². The molecule has 1 aliphatic heterocycles. The smallest absolute Gasteiger partial charge is 0.308 e. The number of fused-ring (bicyclic) bond motifs is 5. The number of rotatable bonds is 8. The second-order valence-corrected chi connectivity index (χ2v) is 8.24. The summed E-state index contributed by atoms with van der Waals surface area (Å²) in [4.78, 5) is 50.7. The average molecular weight is 430 g/mol. The van der Waals surface area contributed by atoms with Crippen LogP contribution < -0.4 is 14.8 Å². The number of nitrogens with zero attached hydrogens (tertiary/aromatic N) is 1. The highest BCUT2D eigenvalue weighted by atomic mass is 16.5. The van der Waals surface area contributed by atoms with E-state index in [4.69, 9.17) is 14.2 Å². The van der Waals surface area contributed by atoms with E-state index in [2.05, 4.69) is 5.32 Å². The van der Waals surface area contributed by atoms with E-state index >= 15 is 0 Å². The van der Waals surface area contributed by atoms with Crippen molar-refractivity contribution in [2.24, 2.45) is 23.7 Å². The number of benzene rings is 1. The third kappa shape index (κ3) is 3.96. The number of anilines is 1. The topological polar surface area (TPSA) is 111 Å². The second kappa shape index (κ2) is 8.56. The van der Waals surface area contributed by atoms with Crippen LogP contribution in [0.15, 0.2) is 18.2 Å². The molecule has 9 heteroatoms. The molecule has 0 radical (unpaired) electrons. The zero-order valence-electron chi connectivity index (χ0n) is 17.6. The minimum atomic E-state index is -0.641. The Morgan fingerprint density at radius 2 is 1.74 bits per heavy atom. The van der Waals surface area contributed by atoms with Crippen molar-refractivity contribution in [3.8, 4) is 11.5 Å². The summed E-state index contributed by atoms with van der Waals surface area (Å²) >= 11 is 0. The number of hydrogen-bond acceptors (Lipinski definition) is 7. The van der Waals surface area contributed by atoms with Crippen molar-refractivity contribution in [2.45, 2.75) is 25.7 Å². The molecule has 4 atom stereocenters. The lowest BCUT2D eigenvalue weighted by molar-refractivity contribution is -0.149. The van der Waals surface area contributed by atoms with Crippen molar-refractivity contribution in [3.05, 3.63) is 18.2 Å². The molecule has 1 aromatic carbocycles. The van der Waals surface area contributed by atoms with Gasteiger partial charge >= 0.3 is 5.97 Å². The summed E-state index contributed by atoms with van der Waals surface area (Å²) < 4.78 is 15.3. The fourth-order valence-electron chi connectivity index (χ4n) is 5.20. The van der Waals surface area contributed by atoms with Gasteiger partial charge in [-0.15, -0.1) is 0 Å². The molecule has 2 saturated carbocycles. The van der Waals surface area contributed by atoms with E-state index < -0.39 is 18.5 Å². The van der Waals surface area contributed by atoms with Gasteiger partial charge in [-0.2, -0.15) is 0 Å². The molecule has 1 aromatic rings. The van der Waals surface area contributed by atoms with Crippen LogP contribution >= 0.6 is 0 Å². The van der Waals surface area contributed by atoms with Crippen LogP contribution in [0.2, 0.25) is 0 Å². The SMILES string of the molecule is COc1ccc(NC(=O)COC(=O)CCN2C(=O)[C@@H]3[C@H]4CC[C@@H](C4)[C@@H]3C2=O)c(OC)c1. The first-order chi connectivity index (χ1) is 14.9. The van der Waals surface area contributed by atoms with Crippen molar-refractivity contribution < 1.29 is 33.4 Å². The molecular weight excluding hydrogens is 404 g/mol. The number of hydrogen-bond donors (Lipinski definition) is 1. The lowest BCUT2D eigenvalue weighted by atomic mass is 9.81. The van der Waals surface area contributed by atoms with Crippen molar-refractivity contribution in [3.63, 3.8) is 0 Å². The number of methoxy groups -OCH3 is 2. The number of carbonyl (C=O) groups excluding carboxylic acids is 4. The lowest BCUT2D eigenvalue weighted by Gasteiger charge is -2.19. The molecule has 2 bridgehead atoms. The molecule has 1 heterocycles. The van der Waals surface area contributed by atoms with Gasteiger partial charge in [0.15, 0.2) is 6.61 Å². The summed E-state index contributed by atoms with van der Waals surface area (Å²) in [5, 5.41) is 2.61. The van der Waals surface area contributed by atoms with E-state index in [1.54, 1.807) is 18.2 Å². The Morgan fingerprint density at radius 3 is 2.35 bits per heavy atom. The summed E-state index contributed by atoms with van der Waals surface area (Å²) in [6, 6.07) is 4.90. The van der Waals surface area contributed by atoms with Crippen molar-refractivity contribution in [1.29, 1.82) is 0 Å². The molecule has 4 rings (SSSR count). The number of nitrogens with one attached hydrogen (secondary N) is 1. The Bertz CT molecular complexity index is 887. The first-order valence-electron chi connectivity index (χ1n) is 10.5. The standard InChI is InChI=1S/C22H26N2O7/c1-29-14-5-6-15(16(10-14)30-2)23-17(25)11-31-18(26)7-8-24-21(27)19-12-3-4-13(9-12)20(19)22(24)28/h5-6,10,12-13,19-20H,3-4,7-9,11H2,1-2H3,(H,23,25)/t12-,13-,19-,20+/m0/s1. The Morgan fingerprint density at radius 1 is 1.06 bits per heavy atom. The van der Waals surface area contributed by atoms with Gasteiger partial charge in [-0.1, -0.05) is 0 Å². The molecule has 166 valence electrons. The predicted molar refractivity (Wildman–Crippen MR) is 108 cm³/mol. The molecule has 1 N–H and O–H groups in total. The van der Waals surface area contributed by atoms with Gasteiger partial charge in [0.1, 0.15) is 11.5 Å². The van der Waals surface area contributed by atoms with Crippen LogP contribution in [0.1, 0.15) is 25.7 Å². The van der Waals surface area contributed by atoms with Crippen LogP contribution in [0.25, 0.3) is 0 Å². The van der Waals surface area contributed by atoms with Gasteiger partial charge in [-0.25, -0.2) is 0 Å². The van der Waals surface area contributed by atoms with Crippen LogP contribution in [0.4, 0.5) is 5.69 Å². The lowest BCUT2D eigenvalue weighted by Crippen LogP contribution is -2.35. The molecule has 9 nitrogen and oxygen atoms in total. The van der Waals surface area contributed by atoms with Gasteiger partial charge in [-0.3, -0.25) is 24.1 Å². The van der Waals surface area contributed by atoms with E-state index in [-0.39, 0.29) is 36.6 Å². The van der Waals surface area contributed by atoms with Gasteiger partial charge in [0.25, 0.3) is 5.91 Å². The largest absolute Gasteiger partial charge is 0.497 e. The third-order valence-corrected chi connectivity index (χ3v) is 6.61. The van der Waals surface area contributed by atoms with E-state index in [0.717, 1.165) is 19.3 Å². The number of likely N-dealkylation sites (tertiary alicyclic amines) is 1. The molecule has 0 unspecified atom stereocenters. The minimum Gasteiger partial charge on any atom is -0.497 e. The molecule has 1 saturated heterocycles. The summed E-state index contributed by atoms with van der Waals surface area (Å²) in [7, 11) is 2.98. The Labute approximate surface area is 180 Å². The summed E-state index contributed by atoms with van der Waals surface area (Å²) in [5.41, 5.74) is 0.416. The maximum Gasteiger partial charge on any atom is 0.308 e. The van der Waals surface area contributed by atoms with Gasteiger partial charge < -0.3 is 19.5 Å². The Hall–Kier alpha value is -3.10. The van der Waals surface area contributed by atoms with Gasteiger partial charge in [0, 0.05) is 12.6 Å². The summed E-state index contributed by atoms with van der Waals surface area (Å²) in [6.07, 6.45) is 2.85. The number of esters is 1. The number of ether oxygens (including phenoxy) is 3. The highest BCUT2D eigenvalue weighted by Crippen LogP contribution is 2.56. The molecule has 31 heavy (non-hydrogen) atoms. The first-order valence-corrected chi connectivity index (χ1v) is 10.5. The Kier molecular flexibility index (Phi) is 5.84. The molecule has 3 aliphatic rings. The van der Waals surface area contributed by atoms with E-state index in [9.17, 15) is 19.2 Å². The van der Waals surface area contributed by atoms with Crippen LogP contribution in [0.5, 0.6) is 11.5 Å². The number of amides is 3. The fourth-order valence-corrected chi connectivity index (χ4v) is 5.20. The van der Waals surface area contributed by atoms with Crippen molar-refractivity contribution in [2.75, 3.05) is 32.7 Å². The zero-order valence-corrected chi connectivity index (χ0v) is 17.6. The molecule has 3 amide bonds. The molecule has 3 fully saturated rings. The van der Waals surface area contributed by atoms with Crippen LogP contribution in [-0.2, 0) is 23.9 Å². The number of carbonyl (C=O) groups is 4. The van der Waals surface area contributed by atoms with Crippen LogP contribution in [-0.4, -0.2) is 56.0 Å². The quantitative estimate of drug-likeness (QED) is 0.493. The zero-order chi connectivity index (χ0) is 22.1. The molecule has 0 spiro atoms. The molecular formula is C22H26N2O7. The monoisotopic (exact) mass is 430 g/mol. The van der Waals surface area contributed by atoms with Crippen LogP contribution in [0.3, 0.4) is 0 Å². The van der Waals surface area contributed by atoms with E-state index in [1.807, 2.05) is 0 Å². The fraction of sp³-hybridized carbons (Fsp3) is 0.545. The van der Waals surface area contributed by atoms with E-state index in [0.29, 0.717) is 29.0 Å². The summed E-state index contributed by atoms with van der Waals surface area (Å²) in [5.74, 6) is -0.286. The Balaban J connectivity index is 1.24. The predicted octanol–water partition coefficient (Wildman–Crippen LogP) is 1.61. The van der Waals surface area contributed by atoms with Gasteiger partial charge in [0.2, 0.25) is 11.8 Å². The highest BCUT2D eigenvalue weighted by Gasteiger charge is 2.60.